The van der Waals surface area contributed by atoms with Crippen molar-refractivity contribution in [3.63, 3.8) is 0 Å². The van der Waals surface area contributed by atoms with Crippen LogP contribution in [-0.2, 0) is 11.8 Å². The van der Waals surface area contributed by atoms with Gasteiger partial charge < -0.3 is 9.88 Å². The molecule has 1 aromatic heterocycles. The number of amides is 1. The van der Waals surface area contributed by atoms with Crippen molar-refractivity contribution in [2.45, 2.75) is 12.1 Å². The Labute approximate surface area is 143 Å². The van der Waals surface area contributed by atoms with Crippen LogP contribution in [0.25, 0.3) is 11.0 Å². The van der Waals surface area contributed by atoms with Gasteiger partial charge in [-0.2, -0.15) is 0 Å². The summed E-state index contributed by atoms with van der Waals surface area (Å²) in [6.07, 6.45) is 0. The Morgan fingerprint density at radius 2 is 2.09 bits per heavy atom. The lowest BCUT2D eigenvalue weighted by Crippen LogP contribution is -2.14. The second kappa shape index (κ2) is 6.64. The highest BCUT2D eigenvalue weighted by atomic mass is 35.5. The molecular formula is C17H16ClN3OS. The first-order valence-corrected chi connectivity index (χ1v) is 8.51. The molecule has 0 bridgehead atoms. The zero-order valence-electron chi connectivity index (χ0n) is 12.8. The van der Waals surface area contributed by atoms with Gasteiger partial charge in [-0.25, -0.2) is 4.98 Å². The molecule has 6 heteroatoms. The molecule has 2 aromatic carbocycles. The van der Waals surface area contributed by atoms with E-state index in [1.54, 1.807) is 6.07 Å². The van der Waals surface area contributed by atoms with Gasteiger partial charge >= 0.3 is 0 Å². The van der Waals surface area contributed by atoms with Crippen molar-refractivity contribution in [1.29, 1.82) is 0 Å². The average Bonchev–Trinajstić information content (AvgIpc) is 2.86. The van der Waals surface area contributed by atoms with E-state index in [2.05, 4.69) is 10.3 Å². The minimum absolute atomic E-state index is 0.0815. The van der Waals surface area contributed by atoms with Gasteiger partial charge in [0.05, 0.1) is 16.8 Å². The van der Waals surface area contributed by atoms with Crippen molar-refractivity contribution in [3.05, 3.63) is 53.1 Å². The summed E-state index contributed by atoms with van der Waals surface area (Å²) in [7, 11) is 1.95. The van der Waals surface area contributed by atoms with Crippen LogP contribution in [0.1, 0.15) is 5.56 Å². The maximum atomic E-state index is 12.1. The highest BCUT2D eigenvalue weighted by molar-refractivity contribution is 7.99. The number of aryl methyl sites for hydroxylation is 2. The van der Waals surface area contributed by atoms with Crippen LogP contribution >= 0.6 is 23.4 Å². The van der Waals surface area contributed by atoms with Crippen molar-refractivity contribution in [1.82, 2.24) is 9.55 Å². The molecule has 0 fully saturated rings. The number of thioether (sulfide) groups is 1. The van der Waals surface area contributed by atoms with Crippen LogP contribution < -0.4 is 5.32 Å². The lowest BCUT2D eigenvalue weighted by atomic mass is 10.2. The zero-order valence-corrected chi connectivity index (χ0v) is 14.4. The lowest BCUT2D eigenvalue weighted by molar-refractivity contribution is -0.113. The summed E-state index contributed by atoms with van der Waals surface area (Å²) >= 11 is 7.48. The highest BCUT2D eigenvalue weighted by Gasteiger charge is 2.10. The Bertz CT molecular complexity index is 875. The van der Waals surface area contributed by atoms with Gasteiger partial charge in [-0.05, 0) is 36.8 Å². The summed E-state index contributed by atoms with van der Waals surface area (Å²) in [6.45, 7) is 1.93. The maximum absolute atomic E-state index is 12.1. The minimum Gasteiger partial charge on any atom is -0.325 e. The predicted octanol–water partition coefficient (Wildman–Crippen LogP) is 4.27. The molecule has 0 aliphatic heterocycles. The molecule has 3 rings (SSSR count). The van der Waals surface area contributed by atoms with E-state index in [1.165, 1.54) is 11.8 Å². The molecule has 118 valence electrons. The van der Waals surface area contributed by atoms with Crippen LogP contribution in [-0.4, -0.2) is 21.2 Å². The number of hydrogen-bond acceptors (Lipinski definition) is 3. The fraction of sp³-hybridized carbons (Fsp3) is 0.176. The van der Waals surface area contributed by atoms with Gasteiger partial charge in [-0.1, -0.05) is 41.6 Å². The monoisotopic (exact) mass is 345 g/mol. The molecule has 0 atom stereocenters. The number of benzene rings is 2. The van der Waals surface area contributed by atoms with Gasteiger partial charge in [0.2, 0.25) is 5.91 Å². The maximum Gasteiger partial charge on any atom is 0.234 e. The van der Waals surface area contributed by atoms with E-state index in [9.17, 15) is 4.79 Å². The number of nitrogens with zero attached hydrogens (tertiary/aromatic N) is 2. The molecule has 0 spiro atoms. The molecule has 0 saturated carbocycles. The van der Waals surface area contributed by atoms with Gasteiger partial charge in [0.1, 0.15) is 0 Å². The van der Waals surface area contributed by atoms with Crippen molar-refractivity contribution < 1.29 is 4.79 Å². The van der Waals surface area contributed by atoms with E-state index in [1.807, 2.05) is 54.9 Å². The SMILES string of the molecule is Cc1ccc(NC(=O)CSc2nc3ccccc3n2C)cc1Cl. The van der Waals surface area contributed by atoms with E-state index in [4.69, 9.17) is 11.6 Å². The van der Waals surface area contributed by atoms with E-state index >= 15 is 0 Å². The number of anilines is 1. The summed E-state index contributed by atoms with van der Waals surface area (Å²) in [5.41, 5.74) is 3.68. The molecule has 0 saturated heterocycles. The van der Waals surface area contributed by atoms with E-state index in [0.29, 0.717) is 16.5 Å². The third-order valence-corrected chi connectivity index (χ3v) is 4.97. The molecule has 23 heavy (non-hydrogen) atoms. The summed E-state index contributed by atoms with van der Waals surface area (Å²) in [4.78, 5) is 16.6. The molecule has 0 aliphatic carbocycles. The first-order chi connectivity index (χ1) is 11.0. The fourth-order valence-electron chi connectivity index (χ4n) is 2.25. The van der Waals surface area contributed by atoms with Gasteiger partial charge in [0.25, 0.3) is 0 Å². The van der Waals surface area contributed by atoms with Gasteiger partial charge in [0.15, 0.2) is 5.16 Å². The number of imidazole rings is 1. The van der Waals surface area contributed by atoms with E-state index in [0.717, 1.165) is 21.8 Å². The lowest BCUT2D eigenvalue weighted by Gasteiger charge is -2.07. The van der Waals surface area contributed by atoms with Crippen LogP contribution in [0.5, 0.6) is 0 Å². The number of carbonyl (C=O) groups is 1. The molecule has 0 unspecified atom stereocenters. The van der Waals surface area contributed by atoms with Crippen molar-refractivity contribution in [2.75, 3.05) is 11.1 Å². The Balaban J connectivity index is 1.66. The zero-order chi connectivity index (χ0) is 16.4. The Morgan fingerprint density at radius 3 is 2.83 bits per heavy atom. The van der Waals surface area contributed by atoms with Gasteiger partial charge in [-0.15, -0.1) is 0 Å². The third-order valence-electron chi connectivity index (χ3n) is 3.53. The molecular weight excluding hydrogens is 330 g/mol. The summed E-state index contributed by atoms with van der Waals surface area (Å²) in [6, 6.07) is 13.4. The van der Waals surface area contributed by atoms with Gasteiger partial charge in [-0.3, -0.25) is 4.79 Å². The third kappa shape index (κ3) is 3.51. The van der Waals surface area contributed by atoms with E-state index < -0.39 is 0 Å². The Kier molecular flexibility index (Phi) is 4.59. The molecule has 3 aromatic rings. The molecule has 1 heterocycles. The largest absolute Gasteiger partial charge is 0.325 e. The highest BCUT2D eigenvalue weighted by Crippen LogP contribution is 2.23. The minimum atomic E-state index is -0.0815. The van der Waals surface area contributed by atoms with Crippen LogP contribution in [0, 0.1) is 6.92 Å². The number of para-hydroxylation sites is 2. The predicted molar refractivity (Wildman–Crippen MR) is 96.3 cm³/mol. The Morgan fingerprint density at radius 1 is 1.30 bits per heavy atom. The summed E-state index contributed by atoms with van der Waals surface area (Å²) in [5.74, 6) is 0.213. The number of halogens is 1. The first-order valence-electron chi connectivity index (χ1n) is 7.15. The topological polar surface area (TPSA) is 46.9 Å². The van der Waals surface area contributed by atoms with Crippen molar-refractivity contribution in [3.8, 4) is 0 Å². The van der Waals surface area contributed by atoms with Crippen molar-refractivity contribution >= 4 is 46.0 Å². The summed E-state index contributed by atoms with van der Waals surface area (Å²) < 4.78 is 2.00. The van der Waals surface area contributed by atoms with Crippen molar-refractivity contribution in [2.24, 2.45) is 7.05 Å². The second-order valence-corrected chi connectivity index (χ2v) is 6.59. The number of nitrogens with one attached hydrogen (secondary N) is 1. The van der Waals surface area contributed by atoms with Crippen LogP contribution in [0.4, 0.5) is 5.69 Å². The van der Waals surface area contributed by atoms with Crippen LogP contribution in [0.3, 0.4) is 0 Å². The van der Waals surface area contributed by atoms with E-state index in [-0.39, 0.29) is 5.91 Å². The Hall–Kier alpha value is -1.98. The molecule has 0 aliphatic rings. The number of aromatic nitrogens is 2. The summed E-state index contributed by atoms with van der Waals surface area (Å²) in [5, 5.41) is 4.32. The molecule has 0 radical (unpaired) electrons. The standard InChI is InChI=1S/C17H16ClN3OS/c1-11-7-8-12(9-13(11)18)19-16(22)10-23-17-20-14-5-3-4-6-15(14)21(17)2/h3-9H,10H2,1-2H3,(H,19,22). The number of fused-ring (bicyclic) bond motifs is 1. The molecule has 1 N–H and O–H groups in total. The smallest absolute Gasteiger partial charge is 0.234 e. The number of rotatable bonds is 4. The molecule has 1 amide bonds. The second-order valence-electron chi connectivity index (χ2n) is 5.24. The fourth-order valence-corrected chi connectivity index (χ4v) is 3.22. The normalized spacial score (nSPS) is 10.9. The first kappa shape index (κ1) is 15.9. The number of carbonyl (C=O) groups excluding carboxylic acids is 1. The quantitative estimate of drug-likeness (QED) is 0.718. The van der Waals surface area contributed by atoms with Crippen LogP contribution in [0.2, 0.25) is 5.02 Å². The molecule has 4 nitrogen and oxygen atoms in total. The van der Waals surface area contributed by atoms with Gasteiger partial charge in [0, 0.05) is 17.8 Å². The average molecular weight is 346 g/mol. The number of hydrogen-bond donors (Lipinski definition) is 1. The van der Waals surface area contributed by atoms with Crippen LogP contribution in [0.15, 0.2) is 47.6 Å².